The summed E-state index contributed by atoms with van der Waals surface area (Å²) >= 11 is 0. The van der Waals surface area contributed by atoms with E-state index in [9.17, 15) is 13.2 Å². The minimum atomic E-state index is -4.43. The normalized spacial score (nSPS) is 12.7. The fraction of sp³-hybridized carbons (Fsp3) is 0.167. The third kappa shape index (κ3) is 4.05. The molecule has 7 nitrogen and oxygen atoms in total. The van der Waals surface area contributed by atoms with E-state index in [1.807, 2.05) is 18.2 Å². The Bertz CT molecular complexity index is 997. The van der Waals surface area contributed by atoms with Gasteiger partial charge in [-0.05, 0) is 35.9 Å². The lowest BCUT2D eigenvalue weighted by atomic mass is 10.2. The average molecular weight is 389 g/mol. The summed E-state index contributed by atoms with van der Waals surface area (Å²) in [4.78, 5) is 4.21. The van der Waals surface area contributed by atoms with Crippen molar-refractivity contribution in [3.05, 3.63) is 59.8 Å². The van der Waals surface area contributed by atoms with Crippen LogP contribution < -0.4 is 20.1 Å². The predicted molar refractivity (Wildman–Crippen MR) is 94.4 cm³/mol. The molecular formula is C18H14F3N5O2. The molecule has 0 amide bonds. The van der Waals surface area contributed by atoms with Crippen LogP contribution in [0.4, 0.5) is 30.6 Å². The molecule has 28 heavy (non-hydrogen) atoms. The predicted octanol–water partition coefficient (Wildman–Crippen LogP) is 3.97. The van der Waals surface area contributed by atoms with Gasteiger partial charge in [0.1, 0.15) is 0 Å². The first-order chi connectivity index (χ1) is 13.5. The Balaban J connectivity index is 1.43. The number of fused-ring (bicyclic) bond motifs is 1. The molecule has 1 aliphatic heterocycles. The molecule has 10 heteroatoms. The molecule has 2 heterocycles. The number of ether oxygens (including phenoxy) is 2. The molecule has 0 aliphatic carbocycles. The number of rotatable bonds is 5. The van der Waals surface area contributed by atoms with Crippen molar-refractivity contribution >= 4 is 17.5 Å². The Morgan fingerprint density at radius 3 is 2.75 bits per heavy atom. The Morgan fingerprint density at radius 1 is 1.04 bits per heavy atom. The van der Waals surface area contributed by atoms with Crippen molar-refractivity contribution in [1.29, 1.82) is 0 Å². The van der Waals surface area contributed by atoms with E-state index in [1.54, 1.807) is 0 Å². The quantitative estimate of drug-likeness (QED) is 0.683. The molecule has 0 spiro atoms. The molecule has 0 bridgehead atoms. The molecule has 0 saturated carbocycles. The Hall–Kier alpha value is -3.56. The lowest BCUT2D eigenvalue weighted by molar-refractivity contribution is -0.137. The molecule has 1 aliphatic rings. The fourth-order valence-electron chi connectivity index (χ4n) is 2.59. The lowest BCUT2D eigenvalue weighted by Crippen LogP contribution is -2.07. The molecule has 2 N–H and O–H groups in total. The van der Waals surface area contributed by atoms with Gasteiger partial charge in [0.25, 0.3) is 0 Å². The summed E-state index contributed by atoms with van der Waals surface area (Å²) in [5.41, 5.74) is 0.391. The molecule has 0 atom stereocenters. The van der Waals surface area contributed by atoms with Crippen LogP contribution in [-0.2, 0) is 12.7 Å². The Labute approximate surface area is 157 Å². The van der Waals surface area contributed by atoms with Crippen LogP contribution >= 0.6 is 0 Å². The van der Waals surface area contributed by atoms with Crippen LogP contribution in [-0.4, -0.2) is 22.0 Å². The number of nitrogens with zero attached hydrogens (tertiary/aromatic N) is 3. The SMILES string of the molecule is FC(F)(F)c1cccc(Nc2nncc(NCc3ccc4c(c3)OCO4)n2)c1. The van der Waals surface area contributed by atoms with E-state index in [2.05, 4.69) is 25.8 Å². The third-order valence-corrected chi connectivity index (χ3v) is 3.92. The molecule has 1 aromatic heterocycles. The number of anilines is 3. The number of nitrogens with one attached hydrogen (secondary N) is 2. The second-order valence-electron chi connectivity index (χ2n) is 5.91. The van der Waals surface area contributed by atoms with Crippen LogP contribution in [0.5, 0.6) is 11.5 Å². The van der Waals surface area contributed by atoms with Gasteiger partial charge in [-0.2, -0.15) is 23.3 Å². The zero-order valence-electron chi connectivity index (χ0n) is 14.3. The zero-order chi connectivity index (χ0) is 19.6. The van der Waals surface area contributed by atoms with Gasteiger partial charge >= 0.3 is 6.18 Å². The maximum absolute atomic E-state index is 12.8. The van der Waals surface area contributed by atoms with Crippen molar-refractivity contribution in [3.8, 4) is 11.5 Å². The second kappa shape index (κ2) is 7.22. The second-order valence-corrected chi connectivity index (χ2v) is 5.91. The summed E-state index contributed by atoms with van der Waals surface area (Å²) in [6.45, 7) is 0.644. The van der Waals surface area contributed by atoms with Gasteiger partial charge in [0.05, 0.1) is 11.8 Å². The van der Waals surface area contributed by atoms with E-state index in [4.69, 9.17) is 9.47 Å². The van der Waals surface area contributed by atoms with Crippen LogP contribution in [0.25, 0.3) is 0 Å². The van der Waals surface area contributed by atoms with E-state index in [-0.39, 0.29) is 18.4 Å². The minimum absolute atomic E-state index is 0.0787. The summed E-state index contributed by atoms with van der Waals surface area (Å²) in [5.74, 6) is 1.86. The van der Waals surface area contributed by atoms with Crippen LogP contribution in [0.1, 0.15) is 11.1 Å². The van der Waals surface area contributed by atoms with Crippen molar-refractivity contribution in [3.63, 3.8) is 0 Å². The van der Waals surface area contributed by atoms with E-state index in [1.165, 1.54) is 18.3 Å². The van der Waals surface area contributed by atoms with Crippen LogP contribution in [0.3, 0.4) is 0 Å². The van der Waals surface area contributed by atoms with Crippen molar-refractivity contribution < 1.29 is 22.6 Å². The summed E-state index contributed by atoms with van der Waals surface area (Å²) < 4.78 is 49.0. The van der Waals surface area contributed by atoms with Crippen molar-refractivity contribution in [2.75, 3.05) is 17.4 Å². The summed E-state index contributed by atoms with van der Waals surface area (Å²) in [7, 11) is 0. The van der Waals surface area contributed by atoms with Crippen molar-refractivity contribution in [2.24, 2.45) is 0 Å². The van der Waals surface area contributed by atoms with Crippen molar-refractivity contribution in [2.45, 2.75) is 12.7 Å². The van der Waals surface area contributed by atoms with E-state index < -0.39 is 11.7 Å². The molecule has 0 saturated heterocycles. The van der Waals surface area contributed by atoms with Crippen LogP contribution in [0, 0.1) is 0 Å². The highest BCUT2D eigenvalue weighted by Gasteiger charge is 2.30. The van der Waals surface area contributed by atoms with Gasteiger partial charge in [-0.25, -0.2) is 0 Å². The molecule has 3 aromatic rings. The van der Waals surface area contributed by atoms with Crippen molar-refractivity contribution in [1.82, 2.24) is 15.2 Å². The Kier molecular flexibility index (Phi) is 4.60. The van der Waals surface area contributed by atoms with Crippen LogP contribution in [0.15, 0.2) is 48.7 Å². The van der Waals surface area contributed by atoms with Gasteiger partial charge in [0.2, 0.25) is 12.7 Å². The van der Waals surface area contributed by atoms with E-state index in [0.29, 0.717) is 23.9 Å². The van der Waals surface area contributed by atoms with Crippen LogP contribution in [0.2, 0.25) is 0 Å². The molecular weight excluding hydrogens is 375 g/mol. The average Bonchev–Trinajstić information content (AvgIpc) is 3.14. The summed E-state index contributed by atoms with van der Waals surface area (Å²) in [6.07, 6.45) is -3.00. The van der Waals surface area contributed by atoms with E-state index in [0.717, 1.165) is 17.7 Å². The first-order valence-corrected chi connectivity index (χ1v) is 8.24. The molecule has 144 valence electrons. The monoisotopic (exact) mass is 389 g/mol. The third-order valence-electron chi connectivity index (χ3n) is 3.92. The first kappa shape index (κ1) is 17.8. The first-order valence-electron chi connectivity index (χ1n) is 8.24. The minimum Gasteiger partial charge on any atom is -0.454 e. The largest absolute Gasteiger partial charge is 0.454 e. The van der Waals surface area contributed by atoms with Gasteiger partial charge in [0, 0.05) is 12.2 Å². The number of alkyl halides is 3. The molecule has 2 aromatic carbocycles. The number of aromatic nitrogens is 3. The summed E-state index contributed by atoms with van der Waals surface area (Å²) in [6, 6.07) is 10.3. The Morgan fingerprint density at radius 2 is 1.89 bits per heavy atom. The molecule has 0 fully saturated rings. The van der Waals surface area contributed by atoms with Gasteiger partial charge in [-0.1, -0.05) is 12.1 Å². The number of halogens is 3. The highest BCUT2D eigenvalue weighted by atomic mass is 19.4. The molecule has 4 rings (SSSR count). The van der Waals surface area contributed by atoms with E-state index >= 15 is 0 Å². The highest BCUT2D eigenvalue weighted by Crippen LogP contribution is 2.33. The van der Waals surface area contributed by atoms with Gasteiger partial charge < -0.3 is 20.1 Å². The maximum Gasteiger partial charge on any atom is 0.416 e. The molecule has 0 unspecified atom stereocenters. The zero-order valence-corrected chi connectivity index (χ0v) is 14.3. The number of hydrogen-bond donors (Lipinski definition) is 2. The summed E-state index contributed by atoms with van der Waals surface area (Å²) in [5, 5.41) is 13.4. The maximum atomic E-state index is 12.8. The lowest BCUT2D eigenvalue weighted by Gasteiger charge is -2.10. The highest BCUT2D eigenvalue weighted by molar-refractivity contribution is 5.55. The smallest absolute Gasteiger partial charge is 0.416 e. The standard InChI is InChI=1S/C18H14F3N5O2/c19-18(20,21)12-2-1-3-13(7-12)24-17-25-16(9-23-26-17)22-8-11-4-5-14-15(6-11)28-10-27-14/h1-7,9H,8,10H2,(H2,22,24,25,26). The van der Waals surface area contributed by atoms with Gasteiger partial charge in [-0.3, -0.25) is 0 Å². The molecule has 0 radical (unpaired) electrons. The van der Waals surface area contributed by atoms with Gasteiger partial charge in [-0.15, -0.1) is 5.10 Å². The number of hydrogen-bond acceptors (Lipinski definition) is 7. The number of benzene rings is 2. The topological polar surface area (TPSA) is 81.2 Å². The van der Waals surface area contributed by atoms with Gasteiger partial charge in [0.15, 0.2) is 17.3 Å². The fourth-order valence-corrected chi connectivity index (χ4v) is 2.59.